The molecule has 0 bridgehead atoms. The first kappa shape index (κ1) is 38.5. The van der Waals surface area contributed by atoms with Crippen LogP contribution in [0, 0.1) is 5.82 Å². The molecule has 2 aliphatic rings. The number of carboxylic acid groups (broad SMARTS) is 1. The van der Waals surface area contributed by atoms with Gasteiger partial charge in [0.1, 0.15) is 35.8 Å². The molecule has 11 nitrogen and oxygen atoms in total. The molecule has 1 saturated carbocycles. The number of aromatic hydroxyl groups is 1. The Bertz CT molecular complexity index is 2550. The average Bonchev–Trinajstić information content (AvgIpc) is 3.80. The number of amides is 2. The molecule has 5 aromatic carbocycles. The van der Waals surface area contributed by atoms with Gasteiger partial charge in [0.2, 0.25) is 5.91 Å². The minimum absolute atomic E-state index is 0.0282. The van der Waals surface area contributed by atoms with Crippen molar-refractivity contribution in [2.45, 2.75) is 63.1 Å². The van der Waals surface area contributed by atoms with Gasteiger partial charge in [0.05, 0.1) is 16.6 Å². The zero-order chi connectivity index (χ0) is 40.5. The summed E-state index contributed by atoms with van der Waals surface area (Å²) in [4.78, 5) is 42.9. The lowest BCUT2D eigenvalue weighted by Gasteiger charge is -2.26. The number of fused-ring (bicyclic) bond motifs is 2. The molecule has 6 N–H and O–H groups in total. The number of ether oxygens (including phenoxy) is 1. The van der Waals surface area contributed by atoms with Crippen LogP contribution >= 0.6 is 11.6 Å². The van der Waals surface area contributed by atoms with Crippen LogP contribution < -0.4 is 21.1 Å². The lowest BCUT2D eigenvalue weighted by atomic mass is 9.93. The molecule has 1 fully saturated rings. The largest absolute Gasteiger partial charge is 0.508 e. The van der Waals surface area contributed by atoms with Crippen molar-refractivity contribution in [3.8, 4) is 34.0 Å². The van der Waals surface area contributed by atoms with Gasteiger partial charge in [-0.3, -0.25) is 9.59 Å². The molecule has 2 amide bonds. The van der Waals surface area contributed by atoms with E-state index in [9.17, 15) is 24.6 Å². The Morgan fingerprint density at radius 3 is 2.43 bits per heavy atom. The molecule has 6 aromatic rings. The fourth-order valence-corrected chi connectivity index (χ4v) is 8.32. The molecule has 0 radical (unpaired) electrons. The summed E-state index contributed by atoms with van der Waals surface area (Å²) in [6.07, 6.45) is 5.05. The van der Waals surface area contributed by atoms with Crippen LogP contribution in [0.3, 0.4) is 0 Å². The summed E-state index contributed by atoms with van der Waals surface area (Å²) in [5.41, 5.74) is 11.6. The molecule has 8 rings (SSSR count). The van der Waals surface area contributed by atoms with Crippen LogP contribution in [0.4, 0.5) is 10.1 Å². The Labute approximate surface area is 338 Å². The number of hydrogen-bond donors (Lipinski definition) is 5. The molecule has 13 heteroatoms. The van der Waals surface area contributed by atoms with Gasteiger partial charge in [0, 0.05) is 46.4 Å². The number of nitrogens with zero attached hydrogens (tertiary/aromatic N) is 2. The molecule has 58 heavy (non-hydrogen) atoms. The number of carbonyl (C=O) groups excluding carboxylic acids is 2. The Balaban J connectivity index is 1.06. The van der Waals surface area contributed by atoms with Gasteiger partial charge in [-0.1, -0.05) is 49.1 Å². The van der Waals surface area contributed by atoms with E-state index in [1.54, 1.807) is 78.9 Å². The van der Waals surface area contributed by atoms with Crippen LogP contribution in [-0.4, -0.2) is 50.1 Å². The highest BCUT2D eigenvalue weighted by Crippen LogP contribution is 2.39. The van der Waals surface area contributed by atoms with Crippen molar-refractivity contribution in [1.82, 2.24) is 14.9 Å². The van der Waals surface area contributed by atoms with Crippen LogP contribution in [-0.2, 0) is 11.4 Å². The molecular formula is C45H41ClFN5O6. The van der Waals surface area contributed by atoms with E-state index in [0.717, 1.165) is 60.0 Å². The SMILES string of the molecule is NC(=O)c1ccc(-c2ccc(Cl)cc2)c(COc2ccc(-c3nc4cc(C(=O)N[C@@H](CC5CNc6ccc(O)cc65)C(=O)O)ccc4n3C3CCCCC3)c(F)c2)c1. The maximum absolute atomic E-state index is 16.3. The summed E-state index contributed by atoms with van der Waals surface area (Å²) < 4.78 is 24.4. The quantitative estimate of drug-likeness (QED) is 0.0765. The fourth-order valence-electron chi connectivity index (χ4n) is 8.19. The second kappa shape index (κ2) is 16.2. The van der Waals surface area contributed by atoms with E-state index in [1.165, 1.54) is 6.07 Å². The molecule has 1 aliphatic heterocycles. The summed E-state index contributed by atoms with van der Waals surface area (Å²) >= 11 is 6.11. The molecule has 296 valence electrons. The van der Waals surface area contributed by atoms with Gasteiger partial charge >= 0.3 is 5.97 Å². The van der Waals surface area contributed by atoms with Crippen molar-refractivity contribution in [3.05, 3.63) is 130 Å². The zero-order valence-corrected chi connectivity index (χ0v) is 32.1. The van der Waals surface area contributed by atoms with Gasteiger partial charge in [0.15, 0.2) is 0 Å². The van der Waals surface area contributed by atoms with E-state index in [2.05, 4.69) is 15.2 Å². The predicted octanol–water partition coefficient (Wildman–Crippen LogP) is 8.83. The van der Waals surface area contributed by atoms with E-state index in [4.69, 9.17) is 27.1 Å². The minimum atomic E-state index is -1.19. The second-order valence-electron chi connectivity index (χ2n) is 14.9. The third-order valence-corrected chi connectivity index (χ3v) is 11.4. The third-order valence-electron chi connectivity index (χ3n) is 11.1. The summed E-state index contributed by atoms with van der Waals surface area (Å²) in [6.45, 7) is 0.506. The van der Waals surface area contributed by atoms with Crippen molar-refractivity contribution >= 4 is 46.1 Å². The van der Waals surface area contributed by atoms with Crippen molar-refractivity contribution < 1.29 is 33.7 Å². The first-order valence-electron chi connectivity index (χ1n) is 19.3. The van der Waals surface area contributed by atoms with Crippen LogP contribution in [0.2, 0.25) is 5.02 Å². The molecule has 0 saturated heterocycles. The van der Waals surface area contributed by atoms with Crippen LogP contribution in [0.15, 0.2) is 97.1 Å². The normalized spacial score (nSPS) is 15.7. The number of imidazole rings is 1. The van der Waals surface area contributed by atoms with Gasteiger partial charge in [0.25, 0.3) is 5.91 Å². The molecule has 1 aliphatic carbocycles. The molecular weight excluding hydrogens is 761 g/mol. The zero-order valence-electron chi connectivity index (χ0n) is 31.4. The number of aromatic nitrogens is 2. The highest BCUT2D eigenvalue weighted by atomic mass is 35.5. The van der Waals surface area contributed by atoms with Crippen molar-refractivity contribution in [2.24, 2.45) is 5.73 Å². The standard InChI is InChI=1S/C45H41ClFN5O6/c46-30-10-6-25(7-11-30)34-14-8-26(42(48)54)18-29(34)24-58-33-13-15-35(37(47)22-33)43-50-39-19-27(9-17-41(39)52(43)31-4-2-1-3-5-31)44(55)51-40(45(56)57)20-28-23-49-38-16-12-32(53)21-36(28)38/h6-19,21-22,28,31,40,49,53H,1-5,20,23-24H2,(H2,48,54)(H,51,55)(H,56,57)/t28?,40-/m0/s1. The number of aliphatic carboxylic acids is 1. The van der Waals surface area contributed by atoms with E-state index >= 15 is 4.39 Å². The maximum Gasteiger partial charge on any atom is 0.326 e. The average molecular weight is 802 g/mol. The number of anilines is 1. The van der Waals surface area contributed by atoms with Crippen LogP contribution in [0.1, 0.15) is 82.3 Å². The lowest BCUT2D eigenvalue weighted by molar-refractivity contribution is -0.139. The van der Waals surface area contributed by atoms with Gasteiger partial charge < -0.3 is 35.9 Å². The number of nitrogens with two attached hydrogens (primary N) is 1. The predicted molar refractivity (Wildman–Crippen MR) is 220 cm³/mol. The number of primary amides is 1. The van der Waals surface area contributed by atoms with Gasteiger partial charge in [-0.2, -0.15) is 0 Å². The maximum atomic E-state index is 16.3. The lowest BCUT2D eigenvalue weighted by Crippen LogP contribution is -2.42. The van der Waals surface area contributed by atoms with Crippen molar-refractivity contribution in [1.29, 1.82) is 0 Å². The molecule has 2 atom stereocenters. The van der Waals surface area contributed by atoms with Crippen LogP contribution in [0.5, 0.6) is 11.5 Å². The highest BCUT2D eigenvalue weighted by molar-refractivity contribution is 6.30. The second-order valence-corrected chi connectivity index (χ2v) is 15.4. The van der Waals surface area contributed by atoms with E-state index < -0.39 is 29.6 Å². The van der Waals surface area contributed by atoms with E-state index in [-0.39, 0.29) is 47.6 Å². The summed E-state index contributed by atoms with van der Waals surface area (Å²) in [5.74, 6) is -2.33. The summed E-state index contributed by atoms with van der Waals surface area (Å²) in [7, 11) is 0. The number of phenols is 1. The molecule has 1 unspecified atom stereocenters. The highest BCUT2D eigenvalue weighted by Gasteiger charge is 2.31. The Morgan fingerprint density at radius 2 is 1.69 bits per heavy atom. The molecule has 2 heterocycles. The van der Waals surface area contributed by atoms with Crippen molar-refractivity contribution in [3.63, 3.8) is 0 Å². The van der Waals surface area contributed by atoms with Gasteiger partial charge in [-0.05, 0) is 114 Å². The molecule has 0 spiro atoms. The van der Waals surface area contributed by atoms with Gasteiger partial charge in [-0.15, -0.1) is 0 Å². The summed E-state index contributed by atoms with van der Waals surface area (Å²) in [5, 5.41) is 26.6. The number of carboxylic acids is 1. The fraction of sp³-hybridized carbons (Fsp3) is 0.244. The number of carbonyl (C=O) groups is 3. The first-order valence-corrected chi connectivity index (χ1v) is 19.6. The number of phenolic OH excluding ortho intramolecular Hbond substituents is 1. The first-order chi connectivity index (χ1) is 28.0. The summed E-state index contributed by atoms with van der Waals surface area (Å²) in [6, 6.07) is 25.8. The van der Waals surface area contributed by atoms with Crippen molar-refractivity contribution in [2.75, 3.05) is 11.9 Å². The Kier molecular flexibility index (Phi) is 10.8. The molecule has 1 aromatic heterocycles. The monoisotopic (exact) mass is 801 g/mol. The number of nitrogens with one attached hydrogen (secondary N) is 2. The Hall–Kier alpha value is -6.40. The van der Waals surface area contributed by atoms with Gasteiger partial charge in [-0.25, -0.2) is 14.2 Å². The number of benzene rings is 5. The topological polar surface area (TPSA) is 169 Å². The smallest absolute Gasteiger partial charge is 0.326 e. The minimum Gasteiger partial charge on any atom is -0.508 e. The van der Waals surface area contributed by atoms with Crippen LogP contribution in [0.25, 0.3) is 33.5 Å². The third kappa shape index (κ3) is 7.92. The Morgan fingerprint density at radius 1 is 0.931 bits per heavy atom. The number of hydrogen-bond acceptors (Lipinski definition) is 7. The van der Waals surface area contributed by atoms with E-state index in [0.29, 0.717) is 34.0 Å². The number of rotatable bonds is 12. The van der Waals surface area contributed by atoms with E-state index in [1.807, 2.05) is 12.1 Å². The number of halogens is 2.